The fraction of sp³-hybridized carbons (Fsp3) is 0.529. The lowest BCUT2D eigenvalue weighted by atomic mass is 9.82. The number of rotatable bonds is 4. The van der Waals surface area contributed by atoms with Gasteiger partial charge in [0.2, 0.25) is 0 Å². The predicted molar refractivity (Wildman–Crippen MR) is 94.0 cm³/mol. The smallest absolute Gasteiger partial charge is 0.171 e. The molecule has 2 N–H and O–H groups in total. The lowest BCUT2D eigenvalue weighted by Crippen LogP contribution is -2.47. The first-order chi connectivity index (χ1) is 9.48. The molecule has 0 aliphatic heterocycles. The molecule has 116 valence electrons. The number of hydrogen-bond donors (Lipinski definition) is 2. The Bertz CT molecular complexity index is 530. The summed E-state index contributed by atoms with van der Waals surface area (Å²) in [5.41, 5.74) is 1.63. The third-order valence-corrected chi connectivity index (χ3v) is 3.16. The van der Waals surface area contributed by atoms with E-state index < -0.39 is 0 Å². The van der Waals surface area contributed by atoms with Gasteiger partial charge in [-0.25, -0.2) is 0 Å². The number of nitrogens with one attached hydrogen (secondary N) is 2. The van der Waals surface area contributed by atoms with Gasteiger partial charge in [-0.05, 0) is 57.0 Å². The van der Waals surface area contributed by atoms with E-state index in [1.54, 1.807) is 13.0 Å². The van der Waals surface area contributed by atoms with Gasteiger partial charge < -0.3 is 10.6 Å². The normalized spacial score (nSPS) is 11.9. The van der Waals surface area contributed by atoms with Gasteiger partial charge in [0.1, 0.15) is 0 Å². The second kappa shape index (κ2) is 6.56. The Balaban J connectivity index is 2.69. The number of Topliss-reactive ketones (excluding diaryl/α,β-unsaturated/α-hetero) is 1. The molecular weight excluding hydrogens is 280 g/mol. The molecule has 0 heterocycles. The van der Waals surface area contributed by atoms with Crippen LogP contribution in [0.25, 0.3) is 0 Å². The van der Waals surface area contributed by atoms with Crippen LogP contribution in [0, 0.1) is 5.41 Å². The van der Waals surface area contributed by atoms with E-state index >= 15 is 0 Å². The molecule has 0 spiro atoms. The molecular formula is C17H26N2OS. The van der Waals surface area contributed by atoms with Crippen LogP contribution in [0.2, 0.25) is 0 Å². The van der Waals surface area contributed by atoms with Crippen molar-refractivity contribution in [3.8, 4) is 0 Å². The van der Waals surface area contributed by atoms with Crippen LogP contribution in [0.3, 0.4) is 0 Å². The van der Waals surface area contributed by atoms with Crippen molar-refractivity contribution in [2.75, 3.05) is 5.32 Å². The molecule has 0 aliphatic carbocycles. The van der Waals surface area contributed by atoms with Gasteiger partial charge in [0.15, 0.2) is 10.9 Å². The minimum absolute atomic E-state index is 0.0468. The van der Waals surface area contributed by atoms with Gasteiger partial charge in [-0.3, -0.25) is 4.79 Å². The van der Waals surface area contributed by atoms with Crippen LogP contribution in [0.15, 0.2) is 24.3 Å². The number of carbonyl (C=O) groups is 1. The lowest BCUT2D eigenvalue weighted by Gasteiger charge is -2.34. The van der Waals surface area contributed by atoms with Crippen LogP contribution in [-0.4, -0.2) is 16.4 Å². The first kappa shape index (κ1) is 17.6. The maximum absolute atomic E-state index is 11.4. The third-order valence-electron chi connectivity index (χ3n) is 2.95. The van der Waals surface area contributed by atoms with E-state index in [1.807, 2.05) is 18.2 Å². The minimum Gasteiger partial charge on any atom is -0.358 e. The Hall–Kier alpha value is -1.42. The van der Waals surface area contributed by atoms with Crippen LogP contribution in [0.5, 0.6) is 0 Å². The van der Waals surface area contributed by atoms with E-state index in [0.29, 0.717) is 10.7 Å². The van der Waals surface area contributed by atoms with Crippen molar-refractivity contribution in [2.45, 2.75) is 53.5 Å². The zero-order valence-corrected chi connectivity index (χ0v) is 14.6. The standard InChI is InChI=1S/C17H26N2OS/c1-12(20)13-8-7-9-14(10-13)18-15(21)19-17(5,6)11-16(2,3)4/h7-10H,11H2,1-6H3,(H2,18,19,21). The highest BCUT2D eigenvalue weighted by molar-refractivity contribution is 7.80. The third kappa shape index (κ3) is 6.71. The molecule has 21 heavy (non-hydrogen) atoms. The molecule has 0 saturated heterocycles. The first-order valence-corrected chi connectivity index (χ1v) is 7.59. The maximum Gasteiger partial charge on any atom is 0.171 e. The van der Waals surface area contributed by atoms with Gasteiger partial charge in [0, 0.05) is 16.8 Å². The topological polar surface area (TPSA) is 41.1 Å². The Labute approximate surface area is 133 Å². The largest absolute Gasteiger partial charge is 0.358 e. The van der Waals surface area contributed by atoms with E-state index in [-0.39, 0.29) is 16.7 Å². The zero-order chi connectivity index (χ0) is 16.3. The molecule has 4 heteroatoms. The summed E-state index contributed by atoms with van der Waals surface area (Å²) in [6, 6.07) is 7.36. The number of hydrogen-bond acceptors (Lipinski definition) is 2. The van der Waals surface area contributed by atoms with Crippen molar-refractivity contribution in [2.24, 2.45) is 5.41 Å². The van der Waals surface area contributed by atoms with E-state index in [2.05, 4.69) is 45.3 Å². The predicted octanol–water partition coefficient (Wildman–Crippen LogP) is 4.39. The highest BCUT2D eigenvalue weighted by Gasteiger charge is 2.25. The van der Waals surface area contributed by atoms with Crippen molar-refractivity contribution in [3.05, 3.63) is 29.8 Å². The summed E-state index contributed by atoms with van der Waals surface area (Å²) in [6.07, 6.45) is 0.995. The zero-order valence-electron chi connectivity index (χ0n) is 13.8. The van der Waals surface area contributed by atoms with Crippen LogP contribution in [-0.2, 0) is 0 Å². The SMILES string of the molecule is CC(=O)c1cccc(NC(=S)NC(C)(C)CC(C)(C)C)c1. The molecule has 0 aliphatic rings. The lowest BCUT2D eigenvalue weighted by molar-refractivity contribution is 0.101. The minimum atomic E-state index is -0.0967. The summed E-state index contributed by atoms with van der Waals surface area (Å²) >= 11 is 5.38. The quantitative estimate of drug-likeness (QED) is 0.639. The second-order valence-corrected chi connectivity index (χ2v) is 7.75. The van der Waals surface area contributed by atoms with Crippen LogP contribution >= 0.6 is 12.2 Å². The molecule has 1 aromatic rings. The Morgan fingerprint density at radius 2 is 1.81 bits per heavy atom. The summed E-state index contributed by atoms with van der Waals surface area (Å²) in [5, 5.41) is 7.07. The molecule has 0 atom stereocenters. The molecule has 0 amide bonds. The van der Waals surface area contributed by atoms with Crippen molar-refractivity contribution < 1.29 is 4.79 Å². The Morgan fingerprint density at radius 3 is 2.33 bits per heavy atom. The Kier molecular flexibility index (Phi) is 5.51. The Morgan fingerprint density at radius 1 is 1.19 bits per heavy atom. The van der Waals surface area contributed by atoms with Crippen LogP contribution in [0.4, 0.5) is 5.69 Å². The first-order valence-electron chi connectivity index (χ1n) is 7.19. The highest BCUT2D eigenvalue weighted by atomic mass is 32.1. The van der Waals surface area contributed by atoms with Gasteiger partial charge >= 0.3 is 0 Å². The average molecular weight is 306 g/mol. The van der Waals surface area contributed by atoms with Crippen molar-refractivity contribution in [1.82, 2.24) is 5.32 Å². The molecule has 0 fully saturated rings. The van der Waals surface area contributed by atoms with Gasteiger partial charge in [-0.15, -0.1) is 0 Å². The van der Waals surface area contributed by atoms with E-state index in [4.69, 9.17) is 12.2 Å². The van der Waals surface area contributed by atoms with Gasteiger partial charge in [0.05, 0.1) is 0 Å². The second-order valence-electron chi connectivity index (χ2n) is 7.34. The molecule has 0 unspecified atom stereocenters. The molecule has 1 rings (SSSR count). The van der Waals surface area contributed by atoms with Crippen molar-refractivity contribution in [1.29, 1.82) is 0 Å². The number of carbonyl (C=O) groups excluding carboxylic acids is 1. The number of anilines is 1. The van der Waals surface area contributed by atoms with E-state index in [9.17, 15) is 4.79 Å². The summed E-state index contributed by atoms with van der Waals surface area (Å²) < 4.78 is 0. The molecule has 3 nitrogen and oxygen atoms in total. The van der Waals surface area contributed by atoms with Gasteiger partial charge in [0.25, 0.3) is 0 Å². The fourth-order valence-electron chi connectivity index (χ4n) is 2.66. The molecule has 0 aromatic heterocycles. The molecule has 1 aromatic carbocycles. The number of ketones is 1. The van der Waals surface area contributed by atoms with E-state index in [0.717, 1.165) is 12.1 Å². The van der Waals surface area contributed by atoms with Crippen LogP contribution < -0.4 is 10.6 Å². The monoisotopic (exact) mass is 306 g/mol. The summed E-state index contributed by atoms with van der Waals surface area (Å²) in [6.45, 7) is 12.5. The van der Waals surface area contributed by atoms with E-state index in [1.165, 1.54) is 0 Å². The molecule has 0 saturated carbocycles. The summed E-state index contributed by atoms with van der Waals surface area (Å²) in [4.78, 5) is 11.4. The maximum atomic E-state index is 11.4. The van der Waals surface area contributed by atoms with Crippen LogP contribution in [0.1, 0.15) is 58.3 Å². The number of benzene rings is 1. The molecule has 0 bridgehead atoms. The fourth-order valence-corrected chi connectivity index (χ4v) is 3.05. The van der Waals surface area contributed by atoms with Gasteiger partial charge in [-0.1, -0.05) is 32.9 Å². The van der Waals surface area contributed by atoms with Gasteiger partial charge in [-0.2, -0.15) is 0 Å². The number of thiocarbonyl (C=S) groups is 1. The van der Waals surface area contributed by atoms with Crippen molar-refractivity contribution in [3.63, 3.8) is 0 Å². The highest BCUT2D eigenvalue weighted by Crippen LogP contribution is 2.26. The average Bonchev–Trinajstić information content (AvgIpc) is 2.24. The summed E-state index contributed by atoms with van der Waals surface area (Å²) in [7, 11) is 0. The van der Waals surface area contributed by atoms with Crippen molar-refractivity contribution >= 4 is 28.8 Å². The summed E-state index contributed by atoms with van der Waals surface area (Å²) in [5.74, 6) is 0.0468. The molecule has 0 radical (unpaired) electrons.